The van der Waals surface area contributed by atoms with Crippen molar-refractivity contribution in [2.75, 3.05) is 11.5 Å². The summed E-state index contributed by atoms with van der Waals surface area (Å²) < 4.78 is 5.73. The first kappa shape index (κ1) is 20.5. The molecule has 4 heteroatoms. The van der Waals surface area contributed by atoms with Gasteiger partial charge in [-0.1, -0.05) is 0 Å². The van der Waals surface area contributed by atoms with Crippen molar-refractivity contribution in [3.8, 4) is 0 Å². The Morgan fingerprint density at radius 2 is 1.04 bits per heavy atom. The molecule has 2 saturated heterocycles. The molecule has 2 unspecified atom stereocenters. The molecule has 2 saturated carbocycles. The van der Waals surface area contributed by atoms with E-state index < -0.39 is 0 Å². The molecule has 0 N–H and O–H groups in total. The van der Waals surface area contributed by atoms with Crippen molar-refractivity contribution in [1.29, 1.82) is 0 Å². The summed E-state index contributed by atoms with van der Waals surface area (Å²) in [5, 5.41) is 2.24. The van der Waals surface area contributed by atoms with Gasteiger partial charge >= 0.3 is 187 Å². The predicted molar refractivity (Wildman–Crippen MR) is 119 cm³/mol. The van der Waals surface area contributed by atoms with E-state index in [9.17, 15) is 0 Å². The first-order valence-electron chi connectivity index (χ1n) is 10.6. The van der Waals surface area contributed by atoms with Gasteiger partial charge in [-0.15, -0.1) is 0 Å². The molecular weight excluding hydrogens is 572 g/mol. The second-order valence-corrected chi connectivity index (χ2v) is 19.6. The molecule has 0 aromatic rings. The predicted octanol–water partition coefficient (Wildman–Crippen LogP) is 6.45. The van der Waals surface area contributed by atoms with Gasteiger partial charge in [-0.2, -0.15) is 0 Å². The van der Waals surface area contributed by atoms with E-state index in [4.69, 9.17) is 0 Å². The molecule has 2 atom stereocenters. The molecule has 144 valence electrons. The van der Waals surface area contributed by atoms with Crippen molar-refractivity contribution >= 4 is 65.4 Å². The molecule has 25 heavy (non-hydrogen) atoms. The summed E-state index contributed by atoms with van der Waals surface area (Å²) in [7, 11) is 0. The molecule has 4 aliphatic rings. The number of thioether (sulfide) groups is 2. The topological polar surface area (TPSA) is 0 Å². The van der Waals surface area contributed by atoms with Gasteiger partial charge < -0.3 is 0 Å². The number of rotatable bonds is 8. The maximum absolute atomic E-state index is 2.66. The minimum absolute atomic E-state index is 0.340. The summed E-state index contributed by atoms with van der Waals surface area (Å²) in [5.74, 6) is 5.09. The van der Waals surface area contributed by atoms with E-state index in [-0.39, 0.29) is 0 Å². The van der Waals surface area contributed by atoms with E-state index in [1.54, 1.807) is 60.3 Å². The van der Waals surface area contributed by atoms with E-state index in [1.165, 1.54) is 19.4 Å². The van der Waals surface area contributed by atoms with Crippen molar-refractivity contribution in [3.05, 3.63) is 0 Å². The van der Waals surface area contributed by atoms with Gasteiger partial charge in [0.15, 0.2) is 0 Å². The fraction of sp³-hybridized carbons (Fsp3) is 1.00. The summed E-state index contributed by atoms with van der Waals surface area (Å²) in [6.45, 7) is 5.33. The third-order valence-electron chi connectivity index (χ3n) is 7.29. The standard InChI is InChI=1S/C21H36S2Te2/c1-21(2,15-3-7-19(8-4-15)24-13-17-11-22-17)16-5-9-20(10-6-16)25-14-18-12-23-18/h15-20H,3-14H2,1-2H3. The van der Waals surface area contributed by atoms with E-state index in [0.717, 1.165) is 22.3 Å². The van der Waals surface area contributed by atoms with Crippen molar-refractivity contribution in [1.82, 2.24) is 0 Å². The second-order valence-electron chi connectivity index (χ2n) is 9.35. The van der Waals surface area contributed by atoms with Gasteiger partial charge in [-0.25, -0.2) is 0 Å². The molecule has 4 fully saturated rings. The summed E-state index contributed by atoms with van der Waals surface area (Å²) >= 11 is 5.13. The molecule has 4 rings (SSSR count). The third-order valence-corrected chi connectivity index (χ3v) is 19.3. The maximum atomic E-state index is 2.66. The van der Waals surface area contributed by atoms with Crippen LogP contribution in [-0.4, -0.2) is 63.9 Å². The zero-order chi connectivity index (χ0) is 17.3. The Bertz CT molecular complexity index is 380. The van der Waals surface area contributed by atoms with Gasteiger partial charge in [0.2, 0.25) is 0 Å². The first-order chi connectivity index (χ1) is 12.1. The number of hydrogen-bond acceptors (Lipinski definition) is 2. The van der Waals surface area contributed by atoms with Crippen molar-refractivity contribution in [2.45, 2.75) is 92.6 Å². The van der Waals surface area contributed by atoms with Crippen LogP contribution in [0.2, 0.25) is 16.9 Å². The molecule has 2 aliphatic carbocycles. The van der Waals surface area contributed by atoms with Crippen LogP contribution < -0.4 is 0 Å². The van der Waals surface area contributed by atoms with Crippen LogP contribution in [0, 0.1) is 17.3 Å². The second kappa shape index (κ2) is 9.39. The fourth-order valence-corrected chi connectivity index (χ4v) is 16.3. The molecule has 0 nitrogen and oxygen atoms in total. The van der Waals surface area contributed by atoms with Gasteiger partial charge in [0.1, 0.15) is 0 Å². The zero-order valence-corrected chi connectivity index (χ0v) is 22.4. The minimum atomic E-state index is 0.340. The molecule has 2 aliphatic heterocycles. The summed E-state index contributed by atoms with van der Waals surface area (Å²) in [6.07, 6.45) is 12.7. The molecule has 0 spiro atoms. The van der Waals surface area contributed by atoms with Gasteiger partial charge in [0, 0.05) is 0 Å². The Balaban J connectivity index is 1.18. The SMILES string of the molecule is CC(C)(C1CCC([Te]CC2CS2)CC1)C1CCC([Te]CC2CS2)CC1. The van der Waals surface area contributed by atoms with E-state index in [1.807, 2.05) is 0 Å². The molecule has 0 bridgehead atoms. The summed E-state index contributed by atoms with van der Waals surface area (Å²) in [6, 6.07) is 0. The fourth-order valence-electron chi connectivity index (χ4n) is 5.10. The Morgan fingerprint density at radius 1 is 0.680 bits per heavy atom. The molecular formula is C21H36S2Te2. The quantitative estimate of drug-likeness (QED) is 0.230. The van der Waals surface area contributed by atoms with Crippen LogP contribution in [0.3, 0.4) is 0 Å². The van der Waals surface area contributed by atoms with Crippen LogP contribution in [0.1, 0.15) is 65.2 Å². The van der Waals surface area contributed by atoms with Crippen LogP contribution in [-0.2, 0) is 0 Å². The average Bonchev–Trinajstić information content (AvgIpc) is 3.54. The van der Waals surface area contributed by atoms with Crippen molar-refractivity contribution < 1.29 is 0 Å². The van der Waals surface area contributed by atoms with Crippen LogP contribution in [0.4, 0.5) is 0 Å². The average molecular weight is 608 g/mol. The van der Waals surface area contributed by atoms with E-state index in [0.29, 0.717) is 47.3 Å². The molecule has 2 heterocycles. The van der Waals surface area contributed by atoms with Gasteiger partial charge in [0.05, 0.1) is 0 Å². The Labute approximate surface area is 185 Å². The van der Waals surface area contributed by atoms with Gasteiger partial charge in [-0.3, -0.25) is 0 Å². The molecule has 0 radical (unpaired) electrons. The van der Waals surface area contributed by atoms with Crippen LogP contribution in [0.5, 0.6) is 0 Å². The summed E-state index contributed by atoms with van der Waals surface area (Å²) in [5.41, 5.74) is 0.635. The van der Waals surface area contributed by atoms with Crippen LogP contribution in [0.15, 0.2) is 0 Å². The Kier molecular flexibility index (Phi) is 7.72. The first-order valence-corrected chi connectivity index (χ1v) is 18.7. The Morgan fingerprint density at radius 3 is 1.36 bits per heavy atom. The van der Waals surface area contributed by atoms with Crippen molar-refractivity contribution in [2.24, 2.45) is 17.3 Å². The monoisotopic (exact) mass is 612 g/mol. The van der Waals surface area contributed by atoms with E-state index >= 15 is 0 Å². The normalized spacial score (nSPS) is 41.5. The molecule has 0 aromatic carbocycles. The molecule has 0 amide bonds. The number of hydrogen-bond donors (Lipinski definition) is 0. The molecule has 0 aromatic heterocycles. The summed E-state index contributed by atoms with van der Waals surface area (Å²) in [4.78, 5) is 0. The van der Waals surface area contributed by atoms with E-state index in [2.05, 4.69) is 37.4 Å². The Hall–Kier alpha value is 2.28. The third kappa shape index (κ3) is 6.13. The van der Waals surface area contributed by atoms with Gasteiger partial charge in [-0.05, 0) is 0 Å². The van der Waals surface area contributed by atoms with Crippen molar-refractivity contribution in [3.63, 3.8) is 0 Å². The van der Waals surface area contributed by atoms with Crippen LogP contribution >= 0.6 is 23.5 Å². The zero-order valence-electron chi connectivity index (χ0n) is 16.1. The van der Waals surface area contributed by atoms with Crippen LogP contribution in [0.25, 0.3) is 0 Å². The van der Waals surface area contributed by atoms with Gasteiger partial charge in [0.25, 0.3) is 0 Å².